The topological polar surface area (TPSA) is 87.9 Å². The number of fused-ring (bicyclic) bond motifs is 1. The van der Waals surface area contributed by atoms with Crippen molar-refractivity contribution in [1.82, 2.24) is 19.9 Å². The van der Waals surface area contributed by atoms with Crippen molar-refractivity contribution in [1.29, 1.82) is 0 Å². The van der Waals surface area contributed by atoms with Gasteiger partial charge in [-0.2, -0.15) is 0 Å². The van der Waals surface area contributed by atoms with Crippen LogP contribution in [0.1, 0.15) is 35.4 Å². The minimum absolute atomic E-state index is 0.0918. The van der Waals surface area contributed by atoms with Crippen LogP contribution in [0.4, 0.5) is 5.82 Å². The van der Waals surface area contributed by atoms with Gasteiger partial charge in [-0.25, -0.2) is 4.98 Å². The second kappa shape index (κ2) is 7.15. The van der Waals surface area contributed by atoms with Gasteiger partial charge in [-0.15, -0.1) is 0 Å². The number of amides is 1. The van der Waals surface area contributed by atoms with E-state index in [0.717, 1.165) is 55.4 Å². The third kappa shape index (κ3) is 3.54. The van der Waals surface area contributed by atoms with E-state index in [9.17, 15) is 4.79 Å². The minimum Gasteiger partial charge on any atom is -0.382 e. The lowest BCUT2D eigenvalue weighted by molar-refractivity contribution is 0.0755. The van der Waals surface area contributed by atoms with E-state index >= 15 is 0 Å². The maximum Gasteiger partial charge on any atom is 0.270 e. The smallest absolute Gasteiger partial charge is 0.270 e. The van der Waals surface area contributed by atoms with Crippen LogP contribution in [0, 0.1) is 5.92 Å². The number of benzene rings is 1. The first-order chi connectivity index (χ1) is 12.7. The Morgan fingerprint density at radius 2 is 2.08 bits per heavy atom. The summed E-state index contributed by atoms with van der Waals surface area (Å²) in [5.74, 6) is 1.06. The molecule has 1 saturated heterocycles. The molecule has 134 valence electrons. The highest BCUT2D eigenvalue weighted by molar-refractivity contribution is 5.98. The number of rotatable bonds is 3. The number of nitrogens with one attached hydrogen (secondary N) is 1. The van der Waals surface area contributed by atoms with Crippen molar-refractivity contribution in [3.63, 3.8) is 0 Å². The predicted molar refractivity (Wildman–Crippen MR) is 102 cm³/mol. The number of nitrogen functional groups attached to an aromatic ring is 1. The summed E-state index contributed by atoms with van der Waals surface area (Å²) in [4.78, 5) is 26.6. The van der Waals surface area contributed by atoms with Crippen molar-refractivity contribution < 1.29 is 4.79 Å². The lowest BCUT2D eigenvalue weighted by atomic mass is 9.95. The standard InChI is InChI=1S/C20H23N5O/c21-19-13-22-16(12-23-19)10-14-4-3-8-25(9-7-14)20(26)18-11-15-5-1-2-6-17(15)24-18/h1-2,5-6,11-14,24H,3-4,7-10H2,(H2,21,23). The molecule has 1 aliphatic rings. The number of carbonyl (C=O) groups is 1. The van der Waals surface area contributed by atoms with Crippen molar-refractivity contribution in [3.05, 3.63) is 54.1 Å². The molecule has 3 heterocycles. The van der Waals surface area contributed by atoms with E-state index < -0.39 is 0 Å². The largest absolute Gasteiger partial charge is 0.382 e. The number of H-pyrrole nitrogens is 1. The molecule has 0 saturated carbocycles. The van der Waals surface area contributed by atoms with Crippen molar-refractivity contribution in [2.45, 2.75) is 25.7 Å². The molecule has 1 unspecified atom stereocenters. The zero-order valence-corrected chi connectivity index (χ0v) is 14.7. The van der Waals surface area contributed by atoms with Gasteiger partial charge in [0.25, 0.3) is 5.91 Å². The Morgan fingerprint density at radius 1 is 1.19 bits per heavy atom. The average molecular weight is 349 g/mol. The van der Waals surface area contributed by atoms with E-state index in [-0.39, 0.29) is 5.91 Å². The highest BCUT2D eigenvalue weighted by Crippen LogP contribution is 2.23. The quantitative estimate of drug-likeness (QED) is 0.761. The maximum absolute atomic E-state index is 12.9. The van der Waals surface area contributed by atoms with Gasteiger partial charge in [-0.05, 0) is 43.7 Å². The fourth-order valence-corrected chi connectivity index (χ4v) is 3.70. The van der Waals surface area contributed by atoms with E-state index in [1.165, 1.54) is 0 Å². The summed E-state index contributed by atoms with van der Waals surface area (Å²) < 4.78 is 0. The van der Waals surface area contributed by atoms with Crippen molar-refractivity contribution in [2.24, 2.45) is 5.92 Å². The Hall–Kier alpha value is -2.89. The van der Waals surface area contributed by atoms with Crippen LogP contribution in [0.2, 0.25) is 0 Å². The van der Waals surface area contributed by atoms with Gasteiger partial charge < -0.3 is 15.6 Å². The Kier molecular flexibility index (Phi) is 4.56. The molecular weight excluding hydrogens is 326 g/mol. The average Bonchev–Trinajstić information content (AvgIpc) is 2.96. The van der Waals surface area contributed by atoms with Gasteiger partial charge in [-0.1, -0.05) is 18.2 Å². The summed E-state index contributed by atoms with van der Waals surface area (Å²) >= 11 is 0. The second-order valence-corrected chi connectivity index (χ2v) is 7.00. The number of nitrogens with zero attached hydrogens (tertiary/aromatic N) is 3. The Morgan fingerprint density at radius 3 is 2.88 bits per heavy atom. The van der Waals surface area contributed by atoms with Gasteiger partial charge in [0.15, 0.2) is 0 Å². The third-order valence-electron chi connectivity index (χ3n) is 5.12. The summed E-state index contributed by atoms with van der Waals surface area (Å²) in [6.07, 6.45) is 7.35. The summed E-state index contributed by atoms with van der Waals surface area (Å²) in [6.45, 7) is 1.58. The molecule has 3 N–H and O–H groups in total. The van der Waals surface area contributed by atoms with Gasteiger partial charge in [0.05, 0.1) is 18.1 Å². The molecule has 1 aliphatic heterocycles. The number of aromatic amines is 1. The first-order valence-corrected chi connectivity index (χ1v) is 9.12. The summed E-state index contributed by atoms with van der Waals surface area (Å²) in [7, 11) is 0. The van der Waals surface area contributed by atoms with Crippen LogP contribution < -0.4 is 5.73 Å². The minimum atomic E-state index is 0.0918. The highest BCUT2D eigenvalue weighted by Gasteiger charge is 2.23. The predicted octanol–water partition coefficient (Wildman–Crippen LogP) is 3.03. The number of para-hydroxylation sites is 1. The molecule has 1 atom stereocenters. The van der Waals surface area contributed by atoms with Gasteiger partial charge in [-0.3, -0.25) is 9.78 Å². The molecular formula is C20H23N5O. The molecule has 0 aliphatic carbocycles. The van der Waals surface area contributed by atoms with Crippen LogP contribution >= 0.6 is 0 Å². The molecule has 4 rings (SSSR count). The van der Waals surface area contributed by atoms with Crippen LogP contribution in [0.15, 0.2) is 42.7 Å². The van der Waals surface area contributed by atoms with Crippen molar-refractivity contribution in [3.8, 4) is 0 Å². The molecule has 1 fully saturated rings. The van der Waals surface area contributed by atoms with Crippen LogP contribution in [-0.2, 0) is 6.42 Å². The lowest BCUT2D eigenvalue weighted by Crippen LogP contribution is -2.32. The van der Waals surface area contributed by atoms with E-state index in [0.29, 0.717) is 17.4 Å². The summed E-state index contributed by atoms with van der Waals surface area (Å²) in [5.41, 5.74) is 8.25. The lowest BCUT2D eigenvalue weighted by Gasteiger charge is -2.20. The van der Waals surface area contributed by atoms with Gasteiger partial charge in [0.1, 0.15) is 11.5 Å². The fraction of sp³-hybridized carbons (Fsp3) is 0.350. The molecule has 6 nitrogen and oxygen atoms in total. The Balaban J connectivity index is 1.41. The number of hydrogen-bond acceptors (Lipinski definition) is 4. The Labute approximate surface area is 152 Å². The molecule has 6 heteroatoms. The zero-order valence-electron chi connectivity index (χ0n) is 14.7. The molecule has 1 aromatic carbocycles. The van der Waals surface area contributed by atoms with Crippen LogP contribution in [-0.4, -0.2) is 38.8 Å². The van der Waals surface area contributed by atoms with E-state index in [1.807, 2.05) is 35.2 Å². The van der Waals surface area contributed by atoms with Crippen LogP contribution in [0.5, 0.6) is 0 Å². The highest BCUT2D eigenvalue weighted by atomic mass is 16.2. The molecule has 2 aromatic heterocycles. The normalized spacial score (nSPS) is 18.0. The Bertz CT molecular complexity index is 869. The molecule has 0 spiro atoms. The third-order valence-corrected chi connectivity index (χ3v) is 5.12. The monoisotopic (exact) mass is 349 g/mol. The zero-order chi connectivity index (χ0) is 17.9. The first-order valence-electron chi connectivity index (χ1n) is 9.12. The van der Waals surface area contributed by atoms with E-state index in [4.69, 9.17) is 5.73 Å². The molecule has 0 radical (unpaired) electrons. The SMILES string of the molecule is Nc1cnc(CC2CCCN(C(=O)c3cc4ccccc4[nH]3)CC2)cn1. The van der Waals surface area contributed by atoms with Crippen LogP contribution in [0.3, 0.4) is 0 Å². The summed E-state index contributed by atoms with van der Waals surface area (Å²) in [5, 5.41) is 1.07. The number of likely N-dealkylation sites (tertiary alicyclic amines) is 1. The second-order valence-electron chi connectivity index (χ2n) is 7.00. The van der Waals surface area contributed by atoms with E-state index in [2.05, 4.69) is 15.0 Å². The fourth-order valence-electron chi connectivity index (χ4n) is 3.70. The number of aromatic nitrogens is 3. The molecule has 1 amide bonds. The number of carbonyl (C=O) groups excluding carboxylic acids is 1. The van der Waals surface area contributed by atoms with Crippen molar-refractivity contribution in [2.75, 3.05) is 18.8 Å². The number of hydrogen-bond donors (Lipinski definition) is 2. The molecule has 26 heavy (non-hydrogen) atoms. The summed E-state index contributed by atoms with van der Waals surface area (Å²) in [6, 6.07) is 9.93. The molecule has 3 aromatic rings. The van der Waals surface area contributed by atoms with Gasteiger partial charge in [0.2, 0.25) is 0 Å². The first kappa shape index (κ1) is 16.6. The van der Waals surface area contributed by atoms with E-state index in [1.54, 1.807) is 12.4 Å². The van der Waals surface area contributed by atoms with Crippen LogP contribution in [0.25, 0.3) is 10.9 Å². The van der Waals surface area contributed by atoms with Gasteiger partial charge >= 0.3 is 0 Å². The van der Waals surface area contributed by atoms with Crippen molar-refractivity contribution >= 4 is 22.6 Å². The maximum atomic E-state index is 12.9. The molecule has 0 bridgehead atoms. The van der Waals surface area contributed by atoms with Gasteiger partial charge in [0, 0.05) is 24.0 Å². The number of nitrogens with two attached hydrogens (primary N) is 1. The number of anilines is 1.